The van der Waals surface area contributed by atoms with Gasteiger partial charge in [-0.15, -0.1) is 0 Å². The van der Waals surface area contributed by atoms with Crippen LogP contribution in [0.4, 0.5) is 0 Å². The molecule has 0 saturated heterocycles. The second-order valence-corrected chi connectivity index (χ2v) is 3.84. The van der Waals surface area contributed by atoms with Crippen molar-refractivity contribution in [2.45, 2.75) is 39.2 Å². The summed E-state index contributed by atoms with van der Waals surface area (Å²) in [4.78, 5) is 14.7. The van der Waals surface area contributed by atoms with Crippen LogP contribution in [0.1, 0.15) is 38.3 Å². The Labute approximate surface area is 95.6 Å². The van der Waals surface area contributed by atoms with Gasteiger partial charge in [-0.3, -0.25) is 0 Å². The molecule has 0 aliphatic carbocycles. The van der Waals surface area contributed by atoms with Gasteiger partial charge in [-0.1, -0.05) is 32.8 Å². The molecule has 0 fully saturated rings. The number of imidazole rings is 1. The lowest BCUT2D eigenvalue weighted by Crippen LogP contribution is -1.98. The van der Waals surface area contributed by atoms with Crippen molar-refractivity contribution in [1.29, 1.82) is 0 Å². The fourth-order valence-corrected chi connectivity index (χ4v) is 1.47. The van der Waals surface area contributed by atoms with Crippen molar-refractivity contribution in [2.75, 3.05) is 0 Å². The summed E-state index contributed by atoms with van der Waals surface area (Å²) in [5.41, 5.74) is 0.496. The Morgan fingerprint density at radius 2 is 2.25 bits per heavy atom. The summed E-state index contributed by atoms with van der Waals surface area (Å²) in [6.45, 7) is 6.53. The lowest BCUT2D eigenvalue weighted by Gasteiger charge is -2.00. The molecule has 0 radical (unpaired) electrons. The SMILES string of the molecule is C=C(C(=O)O)c1cn(CCCCCC)cn1. The van der Waals surface area contributed by atoms with Crippen LogP contribution in [0.2, 0.25) is 0 Å². The summed E-state index contributed by atoms with van der Waals surface area (Å²) in [5, 5.41) is 8.74. The minimum atomic E-state index is -1.02. The van der Waals surface area contributed by atoms with Crippen LogP contribution in [-0.4, -0.2) is 20.6 Å². The first-order valence-electron chi connectivity index (χ1n) is 5.59. The zero-order valence-corrected chi connectivity index (χ0v) is 9.65. The Hall–Kier alpha value is -1.58. The average Bonchev–Trinajstić information content (AvgIpc) is 2.72. The molecular weight excluding hydrogens is 204 g/mol. The Morgan fingerprint density at radius 3 is 2.88 bits per heavy atom. The average molecular weight is 222 g/mol. The number of nitrogens with zero attached hydrogens (tertiary/aromatic N) is 2. The molecule has 1 N–H and O–H groups in total. The number of carbonyl (C=O) groups is 1. The number of unbranched alkanes of at least 4 members (excludes halogenated alkanes) is 3. The summed E-state index contributed by atoms with van der Waals surface area (Å²) in [7, 11) is 0. The van der Waals surface area contributed by atoms with Gasteiger partial charge in [0.25, 0.3) is 0 Å². The van der Waals surface area contributed by atoms with E-state index >= 15 is 0 Å². The van der Waals surface area contributed by atoms with Gasteiger partial charge in [-0.25, -0.2) is 9.78 Å². The van der Waals surface area contributed by atoms with Crippen LogP contribution in [0.3, 0.4) is 0 Å². The maximum absolute atomic E-state index is 10.7. The molecule has 0 unspecified atom stereocenters. The highest BCUT2D eigenvalue weighted by molar-refractivity contribution is 6.13. The number of hydrogen-bond acceptors (Lipinski definition) is 2. The maximum Gasteiger partial charge on any atom is 0.337 e. The van der Waals surface area contributed by atoms with Crippen LogP contribution in [0, 0.1) is 0 Å². The van der Waals surface area contributed by atoms with Crippen LogP contribution >= 0.6 is 0 Å². The van der Waals surface area contributed by atoms with Gasteiger partial charge in [0, 0.05) is 12.7 Å². The zero-order chi connectivity index (χ0) is 12.0. The summed E-state index contributed by atoms with van der Waals surface area (Å²) in [5.74, 6) is -1.02. The van der Waals surface area contributed by atoms with Gasteiger partial charge in [0.1, 0.15) is 0 Å². The number of carboxylic acid groups (broad SMARTS) is 1. The quantitative estimate of drug-likeness (QED) is 0.569. The molecule has 16 heavy (non-hydrogen) atoms. The highest BCUT2D eigenvalue weighted by atomic mass is 16.4. The minimum absolute atomic E-state index is 0.0484. The van der Waals surface area contributed by atoms with E-state index in [0.29, 0.717) is 5.69 Å². The molecule has 0 spiro atoms. The highest BCUT2D eigenvalue weighted by Gasteiger charge is 2.09. The van der Waals surface area contributed by atoms with E-state index in [-0.39, 0.29) is 5.57 Å². The third-order valence-electron chi connectivity index (χ3n) is 2.47. The fourth-order valence-electron chi connectivity index (χ4n) is 1.47. The van der Waals surface area contributed by atoms with E-state index in [9.17, 15) is 4.79 Å². The second kappa shape index (κ2) is 6.10. The van der Waals surface area contributed by atoms with Crippen molar-refractivity contribution >= 4 is 11.5 Å². The second-order valence-electron chi connectivity index (χ2n) is 3.84. The van der Waals surface area contributed by atoms with Gasteiger partial charge in [0.15, 0.2) is 0 Å². The first kappa shape index (κ1) is 12.5. The molecule has 0 atom stereocenters. The number of aryl methyl sites for hydroxylation is 1. The minimum Gasteiger partial charge on any atom is -0.478 e. The van der Waals surface area contributed by atoms with E-state index in [0.717, 1.165) is 13.0 Å². The Bertz CT molecular complexity index is 369. The van der Waals surface area contributed by atoms with Crippen molar-refractivity contribution < 1.29 is 9.90 Å². The maximum atomic E-state index is 10.7. The summed E-state index contributed by atoms with van der Waals surface area (Å²) in [6, 6.07) is 0. The molecule has 0 saturated carbocycles. The molecule has 0 aromatic carbocycles. The molecule has 1 aromatic heterocycles. The van der Waals surface area contributed by atoms with Crippen LogP contribution in [0.25, 0.3) is 5.57 Å². The van der Waals surface area contributed by atoms with Gasteiger partial charge in [0.2, 0.25) is 0 Å². The predicted octanol–water partition coefficient (Wildman–Crippen LogP) is 2.56. The van der Waals surface area contributed by atoms with Gasteiger partial charge in [-0.2, -0.15) is 0 Å². The fraction of sp³-hybridized carbons (Fsp3) is 0.500. The molecule has 0 aliphatic heterocycles. The summed E-state index contributed by atoms with van der Waals surface area (Å²) in [6.07, 6.45) is 8.15. The van der Waals surface area contributed by atoms with E-state index in [4.69, 9.17) is 5.11 Å². The summed E-state index contributed by atoms with van der Waals surface area (Å²) < 4.78 is 1.92. The predicted molar refractivity (Wildman–Crippen MR) is 63.0 cm³/mol. The van der Waals surface area contributed by atoms with E-state index in [2.05, 4.69) is 18.5 Å². The van der Waals surface area contributed by atoms with Crippen molar-refractivity contribution in [3.63, 3.8) is 0 Å². The van der Waals surface area contributed by atoms with Crippen molar-refractivity contribution in [1.82, 2.24) is 9.55 Å². The molecule has 1 heterocycles. The summed E-state index contributed by atoms with van der Waals surface area (Å²) >= 11 is 0. The Morgan fingerprint density at radius 1 is 1.50 bits per heavy atom. The number of carboxylic acids is 1. The van der Waals surface area contributed by atoms with Gasteiger partial charge < -0.3 is 9.67 Å². The zero-order valence-electron chi connectivity index (χ0n) is 9.65. The lowest BCUT2D eigenvalue weighted by molar-refractivity contribution is -0.130. The Balaban J connectivity index is 2.45. The molecule has 88 valence electrons. The number of aromatic nitrogens is 2. The van der Waals surface area contributed by atoms with Crippen LogP contribution < -0.4 is 0 Å². The van der Waals surface area contributed by atoms with E-state index in [1.54, 1.807) is 12.5 Å². The number of aliphatic carboxylic acids is 1. The lowest BCUT2D eigenvalue weighted by atomic mass is 10.2. The van der Waals surface area contributed by atoms with E-state index in [1.807, 2.05) is 4.57 Å². The standard InChI is InChI=1S/C12H18N2O2/c1-3-4-5-6-7-14-8-11(13-9-14)10(2)12(15)16/h8-9H,2-7H2,1H3,(H,15,16). The molecule has 4 heteroatoms. The van der Waals surface area contributed by atoms with E-state index in [1.165, 1.54) is 19.3 Å². The Kier molecular flexibility index (Phi) is 4.76. The van der Waals surface area contributed by atoms with Crippen LogP contribution in [-0.2, 0) is 11.3 Å². The molecule has 1 aromatic rings. The number of rotatable bonds is 7. The first-order chi connectivity index (χ1) is 7.65. The van der Waals surface area contributed by atoms with Crippen LogP contribution in [0.15, 0.2) is 19.1 Å². The third-order valence-corrected chi connectivity index (χ3v) is 2.47. The van der Waals surface area contributed by atoms with E-state index < -0.39 is 5.97 Å². The topological polar surface area (TPSA) is 55.1 Å². The monoisotopic (exact) mass is 222 g/mol. The molecule has 0 aliphatic rings. The highest BCUT2D eigenvalue weighted by Crippen LogP contribution is 2.10. The third kappa shape index (κ3) is 3.53. The molecule has 0 bridgehead atoms. The molecular formula is C12H18N2O2. The molecule has 0 amide bonds. The van der Waals surface area contributed by atoms with Crippen LogP contribution in [0.5, 0.6) is 0 Å². The van der Waals surface area contributed by atoms with Gasteiger partial charge in [0.05, 0.1) is 17.6 Å². The van der Waals surface area contributed by atoms with Crippen molar-refractivity contribution in [3.05, 3.63) is 24.8 Å². The number of hydrogen-bond donors (Lipinski definition) is 1. The largest absolute Gasteiger partial charge is 0.478 e. The van der Waals surface area contributed by atoms with Crippen molar-refractivity contribution in [2.24, 2.45) is 0 Å². The van der Waals surface area contributed by atoms with Gasteiger partial charge >= 0.3 is 5.97 Å². The molecule has 4 nitrogen and oxygen atoms in total. The van der Waals surface area contributed by atoms with Crippen molar-refractivity contribution in [3.8, 4) is 0 Å². The smallest absolute Gasteiger partial charge is 0.337 e. The van der Waals surface area contributed by atoms with Gasteiger partial charge in [-0.05, 0) is 6.42 Å². The normalized spacial score (nSPS) is 10.3. The first-order valence-corrected chi connectivity index (χ1v) is 5.59. The molecule has 1 rings (SSSR count).